The molecule has 0 spiro atoms. The lowest BCUT2D eigenvalue weighted by atomic mass is 10.1. The number of piperidine rings is 1. The molecule has 1 atom stereocenters. The van der Waals surface area contributed by atoms with Gasteiger partial charge in [-0.05, 0) is 24.8 Å². The molecule has 1 aliphatic heterocycles. The van der Waals surface area contributed by atoms with E-state index in [1.807, 2.05) is 6.07 Å². The van der Waals surface area contributed by atoms with Crippen molar-refractivity contribution in [3.8, 4) is 0 Å². The molecule has 1 heterocycles. The Bertz CT molecular complexity index is 568. The molecule has 0 radical (unpaired) electrons. The third-order valence-corrected chi connectivity index (χ3v) is 5.15. The molecule has 2 N–H and O–H groups in total. The van der Waals surface area contributed by atoms with Crippen molar-refractivity contribution < 1.29 is 18.3 Å². The number of hydrogen-bond acceptors (Lipinski definition) is 3. The molecule has 116 valence electrons. The largest absolute Gasteiger partial charge is 0.480 e. The highest BCUT2D eigenvalue weighted by Gasteiger charge is 2.29. The SMILES string of the molecule is O=C(O)C(Cc1ccccc1)NS(=O)(=O)N1CCCCC1. The van der Waals surface area contributed by atoms with E-state index in [0.717, 1.165) is 24.8 Å². The third kappa shape index (κ3) is 4.52. The maximum atomic E-state index is 12.2. The molecule has 0 amide bonds. The Balaban J connectivity index is 2.07. The van der Waals surface area contributed by atoms with E-state index < -0.39 is 22.2 Å². The van der Waals surface area contributed by atoms with E-state index in [1.54, 1.807) is 24.3 Å². The van der Waals surface area contributed by atoms with E-state index in [0.29, 0.717) is 13.1 Å². The van der Waals surface area contributed by atoms with Crippen LogP contribution in [-0.4, -0.2) is 42.9 Å². The van der Waals surface area contributed by atoms with Crippen LogP contribution in [0.5, 0.6) is 0 Å². The molecule has 21 heavy (non-hydrogen) atoms. The van der Waals surface area contributed by atoms with Gasteiger partial charge in [0.25, 0.3) is 10.2 Å². The van der Waals surface area contributed by atoms with Crippen LogP contribution in [0.15, 0.2) is 30.3 Å². The summed E-state index contributed by atoms with van der Waals surface area (Å²) >= 11 is 0. The Kier molecular flexibility index (Phi) is 5.33. The molecule has 7 heteroatoms. The summed E-state index contributed by atoms with van der Waals surface area (Å²) in [5.41, 5.74) is 0.784. The van der Waals surface area contributed by atoms with Crippen LogP contribution in [0.2, 0.25) is 0 Å². The van der Waals surface area contributed by atoms with Crippen LogP contribution in [0.3, 0.4) is 0 Å². The van der Waals surface area contributed by atoms with E-state index in [1.165, 1.54) is 4.31 Å². The van der Waals surface area contributed by atoms with Crippen molar-refractivity contribution in [2.45, 2.75) is 31.7 Å². The van der Waals surface area contributed by atoms with Crippen LogP contribution >= 0.6 is 0 Å². The van der Waals surface area contributed by atoms with E-state index in [4.69, 9.17) is 0 Å². The van der Waals surface area contributed by atoms with Crippen molar-refractivity contribution in [3.63, 3.8) is 0 Å². The van der Waals surface area contributed by atoms with Gasteiger partial charge in [-0.25, -0.2) is 0 Å². The quantitative estimate of drug-likeness (QED) is 0.820. The van der Waals surface area contributed by atoms with Crippen LogP contribution in [0, 0.1) is 0 Å². The first kappa shape index (κ1) is 15.9. The highest BCUT2D eigenvalue weighted by Crippen LogP contribution is 2.13. The monoisotopic (exact) mass is 312 g/mol. The van der Waals surface area contributed by atoms with Crippen molar-refractivity contribution >= 4 is 16.2 Å². The van der Waals surface area contributed by atoms with E-state index >= 15 is 0 Å². The van der Waals surface area contributed by atoms with Gasteiger partial charge in [-0.15, -0.1) is 0 Å². The molecule has 1 aromatic rings. The maximum Gasteiger partial charge on any atom is 0.322 e. The summed E-state index contributed by atoms with van der Waals surface area (Å²) in [7, 11) is -3.75. The van der Waals surface area contributed by atoms with Gasteiger partial charge in [-0.2, -0.15) is 17.4 Å². The standard InChI is InChI=1S/C14H20N2O4S/c17-14(18)13(11-12-7-3-1-4-8-12)15-21(19,20)16-9-5-2-6-10-16/h1,3-4,7-8,13,15H,2,5-6,9-11H2,(H,17,18). The fourth-order valence-corrected chi connectivity index (χ4v) is 3.82. The van der Waals surface area contributed by atoms with Crippen molar-refractivity contribution in [2.24, 2.45) is 0 Å². The minimum absolute atomic E-state index is 0.128. The number of benzene rings is 1. The zero-order chi connectivity index (χ0) is 15.3. The van der Waals surface area contributed by atoms with E-state index in [9.17, 15) is 18.3 Å². The number of carbonyl (C=O) groups is 1. The van der Waals surface area contributed by atoms with Crippen LogP contribution in [0.1, 0.15) is 24.8 Å². The zero-order valence-electron chi connectivity index (χ0n) is 11.7. The summed E-state index contributed by atoms with van der Waals surface area (Å²) in [5.74, 6) is -1.17. The summed E-state index contributed by atoms with van der Waals surface area (Å²) in [6.45, 7) is 0.903. The molecule has 0 aliphatic carbocycles. The lowest BCUT2D eigenvalue weighted by Crippen LogP contribution is -2.50. The fraction of sp³-hybridized carbons (Fsp3) is 0.500. The summed E-state index contributed by atoms with van der Waals surface area (Å²) in [6.07, 6.45) is 2.77. The number of hydrogen-bond donors (Lipinski definition) is 2. The van der Waals surface area contributed by atoms with Gasteiger partial charge in [-0.1, -0.05) is 36.8 Å². The van der Waals surface area contributed by atoms with Crippen LogP contribution in [0.25, 0.3) is 0 Å². The summed E-state index contributed by atoms with van der Waals surface area (Å²) in [5, 5.41) is 9.25. The van der Waals surface area contributed by atoms with Gasteiger partial charge in [0.05, 0.1) is 0 Å². The molecule has 0 bridgehead atoms. The van der Waals surface area contributed by atoms with Gasteiger partial charge in [0, 0.05) is 13.1 Å². The van der Waals surface area contributed by atoms with Crippen molar-refractivity contribution in [1.82, 2.24) is 9.03 Å². The second kappa shape index (κ2) is 7.02. The Morgan fingerprint density at radius 1 is 1.19 bits per heavy atom. The lowest BCUT2D eigenvalue weighted by molar-refractivity contribution is -0.138. The van der Waals surface area contributed by atoms with Gasteiger partial charge in [0.15, 0.2) is 0 Å². The molecule has 1 unspecified atom stereocenters. The van der Waals surface area contributed by atoms with Gasteiger partial charge >= 0.3 is 5.97 Å². The predicted octanol–water partition coefficient (Wildman–Crippen LogP) is 1.00. The first-order valence-electron chi connectivity index (χ1n) is 7.03. The predicted molar refractivity (Wildman–Crippen MR) is 79.0 cm³/mol. The smallest absolute Gasteiger partial charge is 0.322 e. The Morgan fingerprint density at radius 3 is 2.38 bits per heavy atom. The molecule has 1 aromatic carbocycles. The first-order valence-corrected chi connectivity index (χ1v) is 8.47. The molecule has 0 saturated carbocycles. The van der Waals surface area contributed by atoms with Gasteiger partial charge in [0.2, 0.25) is 0 Å². The summed E-state index contributed by atoms with van der Waals surface area (Å²) in [6, 6.07) is 7.84. The zero-order valence-corrected chi connectivity index (χ0v) is 12.6. The van der Waals surface area contributed by atoms with Gasteiger partial charge < -0.3 is 5.11 Å². The Morgan fingerprint density at radius 2 is 1.81 bits per heavy atom. The number of carboxylic acid groups (broad SMARTS) is 1. The molecule has 1 saturated heterocycles. The molecular formula is C14H20N2O4S. The van der Waals surface area contributed by atoms with E-state index in [-0.39, 0.29) is 6.42 Å². The molecule has 1 fully saturated rings. The van der Waals surface area contributed by atoms with Crippen LogP contribution < -0.4 is 4.72 Å². The number of nitrogens with one attached hydrogen (secondary N) is 1. The van der Waals surface area contributed by atoms with Gasteiger partial charge in [0.1, 0.15) is 6.04 Å². The first-order chi connectivity index (χ1) is 9.99. The van der Waals surface area contributed by atoms with Gasteiger partial charge in [-0.3, -0.25) is 4.79 Å². The number of nitrogens with zero attached hydrogens (tertiary/aromatic N) is 1. The van der Waals surface area contributed by atoms with E-state index in [2.05, 4.69) is 4.72 Å². The highest BCUT2D eigenvalue weighted by molar-refractivity contribution is 7.87. The minimum Gasteiger partial charge on any atom is -0.480 e. The highest BCUT2D eigenvalue weighted by atomic mass is 32.2. The third-order valence-electron chi connectivity index (χ3n) is 3.53. The number of rotatable bonds is 6. The van der Waals surface area contributed by atoms with Crippen LogP contribution in [0.4, 0.5) is 0 Å². The molecule has 2 rings (SSSR count). The van der Waals surface area contributed by atoms with Crippen molar-refractivity contribution in [3.05, 3.63) is 35.9 Å². The second-order valence-electron chi connectivity index (χ2n) is 5.16. The Hall–Kier alpha value is -1.44. The normalized spacial score (nSPS) is 18.3. The minimum atomic E-state index is -3.75. The second-order valence-corrected chi connectivity index (χ2v) is 6.87. The average molecular weight is 312 g/mol. The fourth-order valence-electron chi connectivity index (χ4n) is 2.39. The van der Waals surface area contributed by atoms with Crippen molar-refractivity contribution in [1.29, 1.82) is 0 Å². The Labute approximate surface area is 125 Å². The molecule has 0 aromatic heterocycles. The molecule has 6 nitrogen and oxygen atoms in total. The molecule has 1 aliphatic rings. The number of carboxylic acids is 1. The van der Waals surface area contributed by atoms with Crippen molar-refractivity contribution in [2.75, 3.05) is 13.1 Å². The summed E-state index contributed by atoms with van der Waals surface area (Å²) < 4.78 is 28.1. The topological polar surface area (TPSA) is 86.7 Å². The van der Waals surface area contributed by atoms with Crippen LogP contribution in [-0.2, 0) is 21.4 Å². The number of aliphatic carboxylic acids is 1. The lowest BCUT2D eigenvalue weighted by Gasteiger charge is -2.27. The summed E-state index contributed by atoms with van der Waals surface area (Å²) in [4.78, 5) is 11.3. The maximum absolute atomic E-state index is 12.2. The average Bonchev–Trinajstić information content (AvgIpc) is 2.48. The molecular weight excluding hydrogens is 292 g/mol.